The van der Waals surface area contributed by atoms with Gasteiger partial charge in [-0.05, 0) is 32.9 Å². The number of pyridine rings is 1. The SMILES string of the molecule is CCOc1cc2c(NN)nccc2c(OCC)c1OCC. The monoisotopic (exact) mass is 291 g/mol. The molecule has 114 valence electrons. The molecule has 0 unspecified atom stereocenters. The molecule has 2 aromatic rings. The molecule has 0 aliphatic rings. The Morgan fingerprint density at radius 1 is 1.00 bits per heavy atom. The number of hydrogen-bond acceptors (Lipinski definition) is 6. The van der Waals surface area contributed by atoms with Crippen molar-refractivity contribution in [3.05, 3.63) is 18.3 Å². The van der Waals surface area contributed by atoms with E-state index >= 15 is 0 Å². The molecule has 0 saturated heterocycles. The Hall–Kier alpha value is -2.21. The van der Waals surface area contributed by atoms with Crippen molar-refractivity contribution < 1.29 is 14.2 Å². The third-order valence-electron chi connectivity index (χ3n) is 2.95. The minimum Gasteiger partial charge on any atom is -0.490 e. The maximum absolute atomic E-state index is 5.79. The Labute approximate surface area is 124 Å². The lowest BCUT2D eigenvalue weighted by Gasteiger charge is -2.18. The summed E-state index contributed by atoms with van der Waals surface area (Å²) in [5.41, 5.74) is 2.60. The van der Waals surface area contributed by atoms with Gasteiger partial charge in [-0.2, -0.15) is 0 Å². The first kappa shape index (κ1) is 15.2. The number of hydrazine groups is 1. The lowest BCUT2D eigenvalue weighted by atomic mass is 10.1. The first-order valence-corrected chi connectivity index (χ1v) is 7.07. The Balaban J connectivity index is 2.76. The highest BCUT2D eigenvalue weighted by molar-refractivity contribution is 5.99. The third kappa shape index (κ3) is 2.95. The number of ether oxygens (including phenoxy) is 3. The largest absolute Gasteiger partial charge is 0.490 e. The number of rotatable bonds is 7. The number of hydrogen-bond donors (Lipinski definition) is 2. The Bertz CT molecular complexity index is 617. The summed E-state index contributed by atoms with van der Waals surface area (Å²) in [5.74, 6) is 7.99. The van der Waals surface area contributed by atoms with Crippen LogP contribution < -0.4 is 25.5 Å². The third-order valence-corrected chi connectivity index (χ3v) is 2.95. The van der Waals surface area contributed by atoms with Gasteiger partial charge in [-0.3, -0.25) is 0 Å². The van der Waals surface area contributed by atoms with E-state index in [0.717, 1.165) is 10.8 Å². The number of anilines is 1. The molecule has 0 aliphatic carbocycles. The zero-order valence-electron chi connectivity index (χ0n) is 12.6. The number of nitrogens with one attached hydrogen (secondary N) is 1. The molecule has 0 aliphatic heterocycles. The van der Waals surface area contributed by atoms with Gasteiger partial charge in [0.2, 0.25) is 5.75 Å². The molecule has 0 bridgehead atoms. The van der Waals surface area contributed by atoms with E-state index in [0.29, 0.717) is 42.9 Å². The normalized spacial score (nSPS) is 10.5. The van der Waals surface area contributed by atoms with Gasteiger partial charge in [0, 0.05) is 17.0 Å². The molecule has 6 nitrogen and oxygen atoms in total. The van der Waals surface area contributed by atoms with Crippen molar-refractivity contribution >= 4 is 16.6 Å². The lowest BCUT2D eigenvalue weighted by Crippen LogP contribution is -2.09. The zero-order chi connectivity index (χ0) is 15.2. The average Bonchev–Trinajstić information content (AvgIpc) is 2.50. The van der Waals surface area contributed by atoms with Gasteiger partial charge in [0.15, 0.2) is 11.5 Å². The summed E-state index contributed by atoms with van der Waals surface area (Å²) in [6.07, 6.45) is 1.68. The fourth-order valence-corrected chi connectivity index (χ4v) is 2.19. The second-order valence-electron chi connectivity index (χ2n) is 4.23. The zero-order valence-corrected chi connectivity index (χ0v) is 12.6. The highest BCUT2D eigenvalue weighted by Gasteiger charge is 2.19. The minimum atomic E-state index is 0.526. The van der Waals surface area contributed by atoms with Crippen LogP contribution in [0.2, 0.25) is 0 Å². The van der Waals surface area contributed by atoms with Crippen LogP contribution in [0.15, 0.2) is 18.3 Å². The van der Waals surface area contributed by atoms with E-state index in [1.54, 1.807) is 6.20 Å². The molecule has 0 fully saturated rings. The lowest BCUT2D eigenvalue weighted by molar-refractivity contribution is 0.263. The van der Waals surface area contributed by atoms with Crippen LogP contribution in [-0.2, 0) is 0 Å². The van der Waals surface area contributed by atoms with Gasteiger partial charge >= 0.3 is 0 Å². The molecule has 0 amide bonds. The van der Waals surface area contributed by atoms with Crippen LogP contribution in [0.1, 0.15) is 20.8 Å². The molecule has 1 aromatic heterocycles. The van der Waals surface area contributed by atoms with Crippen LogP contribution in [0.4, 0.5) is 5.82 Å². The van der Waals surface area contributed by atoms with Gasteiger partial charge in [-0.1, -0.05) is 0 Å². The summed E-state index contributed by atoms with van der Waals surface area (Å²) >= 11 is 0. The number of benzene rings is 1. The highest BCUT2D eigenvalue weighted by atomic mass is 16.5. The topological polar surface area (TPSA) is 78.6 Å². The summed E-state index contributed by atoms with van der Waals surface area (Å²) in [4.78, 5) is 4.22. The maximum Gasteiger partial charge on any atom is 0.204 e. The van der Waals surface area contributed by atoms with Crippen LogP contribution in [0, 0.1) is 0 Å². The van der Waals surface area contributed by atoms with E-state index in [-0.39, 0.29) is 0 Å². The Morgan fingerprint density at radius 3 is 2.29 bits per heavy atom. The molecule has 0 radical (unpaired) electrons. The molecular weight excluding hydrogens is 270 g/mol. The first-order valence-electron chi connectivity index (χ1n) is 7.07. The van der Waals surface area contributed by atoms with E-state index < -0.39 is 0 Å². The van der Waals surface area contributed by atoms with E-state index in [4.69, 9.17) is 20.1 Å². The van der Waals surface area contributed by atoms with Crippen LogP contribution in [0.25, 0.3) is 10.8 Å². The number of aromatic nitrogens is 1. The molecule has 1 heterocycles. The van der Waals surface area contributed by atoms with Crippen molar-refractivity contribution in [3.8, 4) is 17.2 Å². The van der Waals surface area contributed by atoms with E-state index in [1.165, 1.54) is 0 Å². The van der Waals surface area contributed by atoms with Gasteiger partial charge in [0.25, 0.3) is 0 Å². The van der Waals surface area contributed by atoms with Gasteiger partial charge in [0.1, 0.15) is 5.82 Å². The molecule has 6 heteroatoms. The number of nitrogen functional groups attached to an aromatic ring is 1. The van der Waals surface area contributed by atoms with Crippen molar-refractivity contribution in [3.63, 3.8) is 0 Å². The Morgan fingerprint density at radius 2 is 1.67 bits per heavy atom. The van der Waals surface area contributed by atoms with Crippen molar-refractivity contribution in [2.75, 3.05) is 25.2 Å². The summed E-state index contributed by atoms with van der Waals surface area (Å²) < 4.78 is 17.2. The van der Waals surface area contributed by atoms with Gasteiger partial charge in [-0.15, -0.1) is 0 Å². The number of fused-ring (bicyclic) bond motifs is 1. The second-order valence-corrected chi connectivity index (χ2v) is 4.23. The molecule has 0 spiro atoms. The predicted molar refractivity (Wildman–Crippen MR) is 83.1 cm³/mol. The summed E-state index contributed by atoms with van der Waals surface area (Å²) in [6.45, 7) is 7.36. The van der Waals surface area contributed by atoms with Crippen molar-refractivity contribution in [2.24, 2.45) is 5.84 Å². The van der Waals surface area contributed by atoms with Crippen LogP contribution in [-0.4, -0.2) is 24.8 Å². The standard InChI is InChI=1S/C15H21N3O3/c1-4-19-12-9-11-10(7-8-17-15(11)18-16)13(20-5-2)14(12)21-6-3/h7-9H,4-6,16H2,1-3H3,(H,17,18). The molecular formula is C15H21N3O3. The predicted octanol–water partition coefficient (Wildman–Crippen LogP) is 2.72. The van der Waals surface area contributed by atoms with E-state index in [1.807, 2.05) is 32.9 Å². The minimum absolute atomic E-state index is 0.526. The maximum atomic E-state index is 5.79. The first-order chi connectivity index (χ1) is 10.3. The quantitative estimate of drug-likeness (QED) is 0.603. The fourth-order valence-electron chi connectivity index (χ4n) is 2.19. The molecule has 2 rings (SSSR count). The summed E-state index contributed by atoms with van der Waals surface area (Å²) in [6, 6.07) is 3.74. The van der Waals surface area contributed by atoms with Gasteiger partial charge in [-0.25, -0.2) is 10.8 Å². The van der Waals surface area contributed by atoms with Crippen LogP contribution in [0.3, 0.4) is 0 Å². The van der Waals surface area contributed by atoms with Crippen LogP contribution >= 0.6 is 0 Å². The van der Waals surface area contributed by atoms with Gasteiger partial charge in [0.05, 0.1) is 19.8 Å². The van der Waals surface area contributed by atoms with E-state index in [9.17, 15) is 0 Å². The Kier molecular flexibility index (Phi) is 5.05. The molecule has 3 N–H and O–H groups in total. The van der Waals surface area contributed by atoms with Crippen molar-refractivity contribution in [1.29, 1.82) is 0 Å². The second kappa shape index (κ2) is 6.99. The number of nitrogens with two attached hydrogens (primary N) is 1. The fraction of sp³-hybridized carbons (Fsp3) is 0.400. The van der Waals surface area contributed by atoms with Crippen LogP contribution in [0.5, 0.6) is 17.2 Å². The van der Waals surface area contributed by atoms with Crippen molar-refractivity contribution in [2.45, 2.75) is 20.8 Å². The summed E-state index contributed by atoms with van der Waals surface area (Å²) in [7, 11) is 0. The smallest absolute Gasteiger partial charge is 0.204 e. The average molecular weight is 291 g/mol. The molecule has 21 heavy (non-hydrogen) atoms. The summed E-state index contributed by atoms with van der Waals surface area (Å²) in [5, 5.41) is 1.71. The number of nitrogens with zero attached hydrogens (tertiary/aromatic N) is 1. The van der Waals surface area contributed by atoms with Gasteiger partial charge < -0.3 is 19.6 Å². The highest BCUT2D eigenvalue weighted by Crippen LogP contribution is 2.45. The molecule has 0 saturated carbocycles. The van der Waals surface area contributed by atoms with E-state index in [2.05, 4.69) is 10.4 Å². The molecule has 0 atom stereocenters. The van der Waals surface area contributed by atoms with Crippen molar-refractivity contribution in [1.82, 2.24) is 4.98 Å². The molecule has 1 aromatic carbocycles.